The Bertz CT molecular complexity index is 1520. The third kappa shape index (κ3) is 6.05. The van der Waals surface area contributed by atoms with Crippen LogP contribution < -0.4 is 10.1 Å². The highest BCUT2D eigenvalue weighted by Crippen LogP contribution is 2.37. The van der Waals surface area contributed by atoms with E-state index in [9.17, 15) is 27.2 Å². The maximum absolute atomic E-state index is 13.6. The van der Waals surface area contributed by atoms with E-state index in [2.05, 4.69) is 5.32 Å². The number of rotatable bonds is 7. The Balaban J connectivity index is 1.79. The summed E-state index contributed by atoms with van der Waals surface area (Å²) in [6.07, 6.45) is -3.86. The Morgan fingerprint density at radius 2 is 1.74 bits per heavy atom. The van der Waals surface area contributed by atoms with Gasteiger partial charge in [-0.2, -0.15) is 13.2 Å². The van der Waals surface area contributed by atoms with Crippen LogP contribution in [0.1, 0.15) is 40.9 Å². The summed E-state index contributed by atoms with van der Waals surface area (Å²) in [4.78, 5) is 27.3. The molecule has 2 amide bonds. The summed E-state index contributed by atoms with van der Waals surface area (Å²) in [7, 11) is 0. The van der Waals surface area contributed by atoms with E-state index in [4.69, 9.17) is 4.74 Å². The van der Waals surface area contributed by atoms with Gasteiger partial charge >= 0.3 is 12.3 Å². The lowest BCUT2D eigenvalue weighted by atomic mass is 10.1. The van der Waals surface area contributed by atoms with Gasteiger partial charge in [-0.25, -0.2) is 9.18 Å². The molecule has 0 aliphatic rings. The Morgan fingerprint density at radius 3 is 2.41 bits per heavy atom. The zero-order chi connectivity index (χ0) is 28.3. The Morgan fingerprint density at radius 1 is 1.00 bits per heavy atom. The van der Waals surface area contributed by atoms with E-state index in [1.165, 1.54) is 11.0 Å². The first-order valence-electron chi connectivity index (χ1n) is 12.3. The first-order chi connectivity index (χ1) is 18.5. The van der Waals surface area contributed by atoms with Crippen LogP contribution in [0.3, 0.4) is 0 Å². The number of carbonyl (C=O) groups is 2. The quantitative estimate of drug-likeness (QED) is 0.251. The lowest BCUT2D eigenvalue weighted by molar-refractivity contribution is -0.138. The summed E-state index contributed by atoms with van der Waals surface area (Å²) in [5, 5.41) is 2.95. The van der Waals surface area contributed by atoms with E-state index in [0.717, 1.165) is 23.3 Å². The van der Waals surface area contributed by atoms with Crippen LogP contribution in [0.4, 0.5) is 28.0 Å². The van der Waals surface area contributed by atoms with Gasteiger partial charge in [0, 0.05) is 31.2 Å². The number of hydrogen-bond acceptors (Lipinski definition) is 3. The summed E-state index contributed by atoms with van der Waals surface area (Å²) in [5.41, 5.74) is 0.619. The number of hydrogen-bond donors (Lipinski definition) is 1. The average Bonchev–Trinajstić information content (AvgIpc) is 3.28. The van der Waals surface area contributed by atoms with Crippen molar-refractivity contribution in [1.29, 1.82) is 0 Å². The van der Waals surface area contributed by atoms with Crippen LogP contribution in [0.25, 0.3) is 10.9 Å². The molecule has 1 N–H and O–H groups in total. The minimum atomic E-state index is -4.96. The highest BCUT2D eigenvalue weighted by atomic mass is 19.4. The number of alkyl halides is 3. The first kappa shape index (κ1) is 27.7. The monoisotopic (exact) mass is 541 g/mol. The second-order valence-corrected chi connectivity index (χ2v) is 8.99. The molecular formula is C29H27F4N3O3. The van der Waals surface area contributed by atoms with Crippen molar-refractivity contribution >= 4 is 28.6 Å². The average molecular weight is 542 g/mol. The van der Waals surface area contributed by atoms with Crippen molar-refractivity contribution in [3.05, 3.63) is 94.9 Å². The lowest BCUT2D eigenvalue weighted by Gasteiger charge is -2.20. The zero-order valence-corrected chi connectivity index (χ0v) is 21.6. The largest absolute Gasteiger partial charge is 0.417 e. The van der Waals surface area contributed by atoms with Gasteiger partial charge in [0.2, 0.25) is 0 Å². The molecule has 0 radical (unpaired) electrons. The summed E-state index contributed by atoms with van der Waals surface area (Å²) >= 11 is 0. The molecule has 3 aromatic carbocycles. The van der Waals surface area contributed by atoms with Crippen LogP contribution >= 0.6 is 0 Å². The molecule has 0 bridgehead atoms. The normalized spacial score (nSPS) is 11.5. The van der Waals surface area contributed by atoms with Crippen LogP contribution in [0.15, 0.2) is 66.9 Å². The fraction of sp³-hybridized carbons (Fsp3) is 0.241. The third-order valence-corrected chi connectivity index (χ3v) is 6.34. The minimum Gasteiger partial charge on any atom is -0.408 e. The predicted molar refractivity (Wildman–Crippen MR) is 141 cm³/mol. The van der Waals surface area contributed by atoms with E-state index < -0.39 is 35.1 Å². The molecule has 204 valence electrons. The molecule has 0 aliphatic heterocycles. The van der Waals surface area contributed by atoms with Crippen LogP contribution in [-0.4, -0.2) is 34.6 Å². The van der Waals surface area contributed by atoms with Crippen molar-refractivity contribution in [3.63, 3.8) is 0 Å². The van der Waals surface area contributed by atoms with Crippen LogP contribution in [0.2, 0.25) is 0 Å². The van der Waals surface area contributed by atoms with Crippen LogP contribution in [-0.2, 0) is 12.7 Å². The van der Waals surface area contributed by atoms with Crippen molar-refractivity contribution in [2.45, 2.75) is 33.5 Å². The Labute approximate surface area is 222 Å². The van der Waals surface area contributed by atoms with Crippen LogP contribution in [0, 0.1) is 12.7 Å². The van der Waals surface area contributed by atoms with Gasteiger partial charge in [0.15, 0.2) is 5.75 Å². The van der Waals surface area contributed by atoms with Crippen molar-refractivity contribution in [2.24, 2.45) is 0 Å². The second-order valence-electron chi connectivity index (χ2n) is 8.99. The van der Waals surface area contributed by atoms with Gasteiger partial charge in [0.25, 0.3) is 5.91 Å². The minimum absolute atomic E-state index is 0.0263. The van der Waals surface area contributed by atoms with Gasteiger partial charge in [-0.1, -0.05) is 29.8 Å². The van der Waals surface area contributed by atoms with Gasteiger partial charge in [-0.3, -0.25) is 4.79 Å². The number of carbonyl (C=O) groups excluding carboxylic acids is 2. The van der Waals surface area contributed by atoms with Crippen LogP contribution in [0.5, 0.6) is 5.75 Å². The molecule has 0 spiro atoms. The Kier molecular flexibility index (Phi) is 7.94. The SMILES string of the molecule is CCN(CC)C(=O)Oc1ccc2c(ccn2Cc2cccc(C)c2)c1NC(=O)c1ccc(F)cc1C(F)(F)F. The van der Waals surface area contributed by atoms with E-state index >= 15 is 0 Å². The van der Waals surface area contributed by atoms with E-state index in [1.807, 2.05) is 35.8 Å². The first-order valence-corrected chi connectivity index (χ1v) is 12.3. The molecule has 0 fully saturated rings. The number of ether oxygens (including phenoxy) is 1. The van der Waals surface area contributed by atoms with E-state index in [0.29, 0.717) is 30.5 Å². The molecule has 0 atom stereocenters. The molecule has 1 heterocycles. The standard InChI is InChI=1S/C29H27F4N3O3/c1-4-35(5-2)28(38)39-25-12-11-24-22(13-14-36(24)17-19-8-6-7-18(3)15-19)26(25)34-27(37)21-10-9-20(30)16-23(21)29(31,32)33/h6-16H,4-5,17H2,1-3H3,(H,34,37). The zero-order valence-electron chi connectivity index (χ0n) is 21.6. The number of benzene rings is 3. The van der Waals surface area contributed by atoms with E-state index in [1.54, 1.807) is 32.2 Å². The highest BCUT2D eigenvalue weighted by Gasteiger charge is 2.36. The van der Waals surface area contributed by atoms with Crippen molar-refractivity contribution < 1.29 is 31.9 Å². The van der Waals surface area contributed by atoms with Gasteiger partial charge in [0.05, 0.1) is 22.3 Å². The topological polar surface area (TPSA) is 63.6 Å². The highest BCUT2D eigenvalue weighted by molar-refractivity contribution is 6.11. The second kappa shape index (κ2) is 11.2. The summed E-state index contributed by atoms with van der Waals surface area (Å²) in [6, 6.07) is 14.6. The molecule has 0 saturated carbocycles. The fourth-order valence-corrected chi connectivity index (χ4v) is 4.38. The predicted octanol–water partition coefficient (Wildman–Crippen LogP) is 7.25. The lowest BCUT2D eigenvalue weighted by Crippen LogP contribution is -2.33. The molecule has 0 aliphatic carbocycles. The molecule has 4 rings (SSSR count). The summed E-state index contributed by atoms with van der Waals surface area (Å²) in [6.45, 7) is 6.76. The molecule has 6 nitrogen and oxygen atoms in total. The number of nitrogens with zero attached hydrogens (tertiary/aromatic N) is 2. The van der Waals surface area contributed by atoms with Crippen molar-refractivity contribution in [2.75, 3.05) is 18.4 Å². The fourth-order valence-electron chi connectivity index (χ4n) is 4.38. The molecule has 10 heteroatoms. The van der Waals surface area contributed by atoms with Gasteiger partial charge in [0.1, 0.15) is 5.82 Å². The van der Waals surface area contributed by atoms with Gasteiger partial charge in [-0.05, 0) is 62.7 Å². The summed E-state index contributed by atoms with van der Waals surface area (Å²) in [5.74, 6) is -2.28. The Hall–Kier alpha value is -4.34. The number of amides is 2. The number of halogens is 4. The van der Waals surface area contributed by atoms with Gasteiger partial charge in [-0.15, -0.1) is 0 Å². The van der Waals surface area contributed by atoms with E-state index in [-0.39, 0.29) is 17.5 Å². The molecule has 1 aromatic heterocycles. The number of aryl methyl sites for hydroxylation is 1. The smallest absolute Gasteiger partial charge is 0.408 e. The third-order valence-electron chi connectivity index (χ3n) is 6.34. The molecule has 39 heavy (non-hydrogen) atoms. The van der Waals surface area contributed by atoms with Crippen molar-refractivity contribution in [3.8, 4) is 5.75 Å². The maximum atomic E-state index is 13.6. The number of fused-ring (bicyclic) bond motifs is 1. The van der Waals surface area contributed by atoms with Crippen molar-refractivity contribution in [1.82, 2.24) is 9.47 Å². The number of aromatic nitrogens is 1. The number of anilines is 1. The molecule has 0 unspecified atom stereocenters. The molecule has 4 aromatic rings. The maximum Gasteiger partial charge on any atom is 0.417 e. The summed E-state index contributed by atoms with van der Waals surface area (Å²) < 4.78 is 62.0. The number of nitrogens with one attached hydrogen (secondary N) is 1. The van der Waals surface area contributed by atoms with Gasteiger partial charge < -0.3 is 19.5 Å². The molecular weight excluding hydrogens is 514 g/mol. The molecule has 0 saturated heterocycles.